The highest BCUT2D eigenvalue weighted by Gasteiger charge is 2.38. The normalized spacial score (nSPS) is 12.0. The molecule has 0 bridgehead atoms. The molecule has 0 fully saturated rings. The molecule has 0 aromatic heterocycles. The van der Waals surface area contributed by atoms with Crippen molar-refractivity contribution in [3.63, 3.8) is 0 Å². The van der Waals surface area contributed by atoms with Crippen LogP contribution in [0.4, 0.5) is 18.9 Å². The molecule has 144 valence electrons. The number of carbonyl (C=O) groups is 2. The summed E-state index contributed by atoms with van der Waals surface area (Å²) in [6.45, 7) is 3.74. The molecule has 2 amide bonds. The van der Waals surface area contributed by atoms with Gasteiger partial charge in [-0.1, -0.05) is 44.7 Å². The summed E-state index contributed by atoms with van der Waals surface area (Å²) in [5, 5.41) is 5.74. The number of hydrogen-bond acceptors (Lipinski definition) is 3. The molecular formula is C18H24F3N3O2. The largest absolute Gasteiger partial charge is 0.471 e. The second-order valence-corrected chi connectivity index (χ2v) is 5.93. The van der Waals surface area contributed by atoms with E-state index in [1.807, 2.05) is 0 Å². The fourth-order valence-electron chi connectivity index (χ4n) is 2.18. The first-order chi connectivity index (χ1) is 12.2. The number of anilines is 1. The summed E-state index contributed by atoms with van der Waals surface area (Å²) in [6, 6.07) is 5.82. The van der Waals surface area contributed by atoms with Crippen molar-refractivity contribution in [2.45, 2.75) is 58.5 Å². The van der Waals surface area contributed by atoms with Crippen molar-refractivity contribution in [2.24, 2.45) is 5.10 Å². The molecule has 0 atom stereocenters. The Morgan fingerprint density at radius 3 is 2.46 bits per heavy atom. The summed E-state index contributed by atoms with van der Waals surface area (Å²) in [7, 11) is 0. The number of carbonyl (C=O) groups excluding carboxylic acids is 2. The molecule has 0 spiro atoms. The monoisotopic (exact) mass is 371 g/mol. The van der Waals surface area contributed by atoms with Crippen molar-refractivity contribution < 1.29 is 22.8 Å². The maximum Gasteiger partial charge on any atom is 0.471 e. The first kappa shape index (κ1) is 21.7. The fraction of sp³-hybridized carbons (Fsp3) is 0.500. The third kappa shape index (κ3) is 8.13. The number of rotatable bonds is 9. The number of benzene rings is 1. The van der Waals surface area contributed by atoms with Crippen LogP contribution in [-0.4, -0.2) is 23.7 Å². The van der Waals surface area contributed by atoms with Gasteiger partial charge < -0.3 is 5.32 Å². The lowest BCUT2D eigenvalue weighted by atomic mass is 10.1. The molecule has 0 aliphatic heterocycles. The lowest BCUT2D eigenvalue weighted by Gasteiger charge is -2.09. The molecule has 0 saturated carbocycles. The van der Waals surface area contributed by atoms with Crippen LogP contribution in [0.25, 0.3) is 0 Å². The maximum absolute atomic E-state index is 12.3. The Morgan fingerprint density at radius 2 is 1.81 bits per heavy atom. The highest BCUT2D eigenvalue weighted by molar-refractivity contribution is 6.01. The molecular weight excluding hydrogens is 347 g/mol. The van der Waals surface area contributed by atoms with Crippen LogP contribution in [-0.2, 0) is 9.59 Å². The Balaban J connectivity index is 2.57. The van der Waals surface area contributed by atoms with Gasteiger partial charge in [0.05, 0.1) is 5.71 Å². The summed E-state index contributed by atoms with van der Waals surface area (Å²) in [5.41, 5.74) is 3.36. The predicted octanol–water partition coefficient (Wildman–Crippen LogP) is 4.39. The van der Waals surface area contributed by atoms with E-state index in [2.05, 4.69) is 17.5 Å². The van der Waals surface area contributed by atoms with Crippen LogP contribution in [0.2, 0.25) is 0 Å². The quantitative estimate of drug-likeness (QED) is 0.384. The zero-order valence-electron chi connectivity index (χ0n) is 14.9. The van der Waals surface area contributed by atoms with E-state index in [4.69, 9.17) is 0 Å². The van der Waals surface area contributed by atoms with Crippen LogP contribution >= 0.6 is 0 Å². The number of amides is 2. The van der Waals surface area contributed by atoms with Gasteiger partial charge in [0, 0.05) is 12.1 Å². The van der Waals surface area contributed by atoms with E-state index in [0.717, 1.165) is 32.1 Å². The van der Waals surface area contributed by atoms with E-state index in [9.17, 15) is 22.8 Å². The lowest BCUT2D eigenvalue weighted by Crippen LogP contribution is -2.29. The van der Waals surface area contributed by atoms with Crippen LogP contribution in [0.5, 0.6) is 0 Å². The number of hydrazone groups is 1. The molecule has 0 unspecified atom stereocenters. The number of nitrogens with one attached hydrogen (secondary N) is 2. The summed E-state index contributed by atoms with van der Waals surface area (Å²) in [6.07, 6.45) is 0.595. The Kier molecular flexibility index (Phi) is 8.81. The van der Waals surface area contributed by atoms with Crippen molar-refractivity contribution in [1.82, 2.24) is 5.43 Å². The van der Waals surface area contributed by atoms with Crippen molar-refractivity contribution in [2.75, 3.05) is 5.32 Å². The van der Waals surface area contributed by atoms with Gasteiger partial charge in [-0.2, -0.15) is 18.3 Å². The Morgan fingerprint density at radius 1 is 1.12 bits per heavy atom. The van der Waals surface area contributed by atoms with Crippen molar-refractivity contribution in [3.05, 3.63) is 29.8 Å². The molecule has 0 radical (unpaired) electrons. The molecule has 0 aliphatic rings. The molecule has 2 N–H and O–H groups in total. The van der Waals surface area contributed by atoms with E-state index >= 15 is 0 Å². The minimum Gasteiger partial charge on any atom is -0.318 e. The molecule has 1 aromatic rings. The summed E-state index contributed by atoms with van der Waals surface area (Å²) in [5.74, 6) is -2.25. The molecule has 1 rings (SSSR count). The number of unbranched alkanes of at least 4 members (excludes halogenated alkanes) is 4. The van der Waals surface area contributed by atoms with Crippen LogP contribution in [0.15, 0.2) is 29.4 Å². The minimum atomic E-state index is -4.95. The number of alkyl halides is 3. The zero-order valence-corrected chi connectivity index (χ0v) is 14.9. The Labute approximate surface area is 151 Å². The van der Waals surface area contributed by atoms with Crippen LogP contribution < -0.4 is 10.7 Å². The van der Waals surface area contributed by atoms with Gasteiger partial charge in [0.15, 0.2) is 0 Å². The summed E-state index contributed by atoms with van der Waals surface area (Å²) in [4.78, 5) is 22.7. The van der Waals surface area contributed by atoms with E-state index in [1.54, 1.807) is 18.3 Å². The van der Waals surface area contributed by atoms with Gasteiger partial charge in [-0.05, 0) is 31.0 Å². The van der Waals surface area contributed by atoms with Gasteiger partial charge in [-0.3, -0.25) is 9.59 Å². The minimum absolute atomic E-state index is 0.00151. The zero-order chi connectivity index (χ0) is 19.6. The van der Waals surface area contributed by atoms with Crippen LogP contribution in [0, 0.1) is 0 Å². The summed E-state index contributed by atoms with van der Waals surface area (Å²) < 4.78 is 36.9. The second-order valence-electron chi connectivity index (χ2n) is 5.93. The van der Waals surface area contributed by atoms with Gasteiger partial charge in [0.25, 0.3) is 0 Å². The van der Waals surface area contributed by atoms with Gasteiger partial charge >= 0.3 is 12.1 Å². The molecule has 0 aliphatic carbocycles. The maximum atomic E-state index is 12.3. The first-order valence-electron chi connectivity index (χ1n) is 8.55. The molecule has 0 heterocycles. The van der Waals surface area contributed by atoms with Crippen molar-refractivity contribution in [3.8, 4) is 0 Å². The lowest BCUT2D eigenvalue weighted by molar-refractivity contribution is -0.167. The molecule has 8 heteroatoms. The van der Waals surface area contributed by atoms with E-state index in [-0.39, 0.29) is 11.6 Å². The van der Waals surface area contributed by atoms with Crippen LogP contribution in [0.3, 0.4) is 0 Å². The smallest absolute Gasteiger partial charge is 0.318 e. The van der Waals surface area contributed by atoms with Gasteiger partial charge in [0.1, 0.15) is 0 Å². The van der Waals surface area contributed by atoms with Gasteiger partial charge in [-0.25, -0.2) is 5.43 Å². The Bertz CT molecular complexity index is 643. The predicted molar refractivity (Wildman–Crippen MR) is 94.9 cm³/mol. The molecule has 1 aromatic carbocycles. The van der Waals surface area contributed by atoms with Gasteiger partial charge in [0.2, 0.25) is 5.91 Å². The van der Waals surface area contributed by atoms with Gasteiger partial charge in [-0.15, -0.1) is 0 Å². The van der Waals surface area contributed by atoms with Crippen molar-refractivity contribution in [1.29, 1.82) is 0 Å². The number of hydrogen-bond donors (Lipinski definition) is 2. The highest BCUT2D eigenvalue weighted by atomic mass is 19.4. The number of halogens is 3. The first-order valence-corrected chi connectivity index (χ1v) is 8.55. The molecule has 5 nitrogen and oxygen atoms in total. The van der Waals surface area contributed by atoms with Crippen LogP contribution in [0.1, 0.15) is 57.9 Å². The molecule has 26 heavy (non-hydrogen) atoms. The van der Waals surface area contributed by atoms with E-state index in [0.29, 0.717) is 17.7 Å². The number of nitrogens with zero attached hydrogens (tertiary/aromatic N) is 1. The SMILES string of the molecule is CCCCCCCC(=O)N/N=C(/C)c1cccc(NC(=O)C(F)(F)F)c1. The molecule has 0 saturated heterocycles. The van der Waals surface area contributed by atoms with Crippen molar-refractivity contribution >= 4 is 23.2 Å². The summed E-state index contributed by atoms with van der Waals surface area (Å²) >= 11 is 0. The average molecular weight is 371 g/mol. The highest BCUT2D eigenvalue weighted by Crippen LogP contribution is 2.19. The Hall–Kier alpha value is -2.38. The third-order valence-corrected chi connectivity index (χ3v) is 3.65. The third-order valence-electron chi connectivity index (χ3n) is 3.65. The van der Waals surface area contributed by atoms with E-state index in [1.165, 1.54) is 18.2 Å². The fourth-order valence-corrected chi connectivity index (χ4v) is 2.18. The average Bonchev–Trinajstić information content (AvgIpc) is 2.59. The second kappa shape index (κ2) is 10.6. The topological polar surface area (TPSA) is 70.6 Å². The van der Waals surface area contributed by atoms with E-state index < -0.39 is 12.1 Å². The standard InChI is InChI=1S/C18H24F3N3O2/c1-3-4-5-6-7-11-16(25)24-23-13(2)14-9-8-10-15(12-14)22-17(26)18(19,20)21/h8-10,12H,3-7,11H2,1-2H3,(H,22,26)(H,24,25)/b23-13-.